The van der Waals surface area contributed by atoms with E-state index in [1.54, 1.807) is 4.90 Å². The molecule has 0 radical (unpaired) electrons. The molecule has 0 aromatic heterocycles. The minimum absolute atomic E-state index is 0.108. The summed E-state index contributed by atoms with van der Waals surface area (Å²) in [4.78, 5) is 4.08. The number of hydrogen-bond acceptors (Lipinski definition) is 3. The number of alkyl halides is 3. The lowest BCUT2D eigenvalue weighted by molar-refractivity contribution is -0.230. The van der Waals surface area contributed by atoms with Crippen LogP contribution in [-0.4, -0.2) is 49.0 Å². The molecule has 1 aliphatic rings. The van der Waals surface area contributed by atoms with Crippen molar-refractivity contribution in [1.82, 2.24) is 4.90 Å². The van der Waals surface area contributed by atoms with E-state index in [0.717, 1.165) is 0 Å². The van der Waals surface area contributed by atoms with Crippen LogP contribution in [0.4, 0.5) is 13.2 Å². The summed E-state index contributed by atoms with van der Waals surface area (Å²) in [5, 5.41) is 12.2. The molecule has 0 saturated carbocycles. The van der Waals surface area contributed by atoms with Crippen molar-refractivity contribution in [3.05, 3.63) is 10.4 Å². The molecular formula is C8H13F3N4O. The largest absolute Gasteiger partial charge is 0.397 e. The Morgan fingerprint density at radius 2 is 2.19 bits per heavy atom. The zero-order valence-corrected chi connectivity index (χ0v) is 8.61. The van der Waals surface area contributed by atoms with Gasteiger partial charge >= 0.3 is 6.18 Å². The van der Waals surface area contributed by atoms with Crippen molar-refractivity contribution in [3.8, 4) is 0 Å². The van der Waals surface area contributed by atoms with Crippen LogP contribution in [0.1, 0.15) is 6.42 Å². The summed E-state index contributed by atoms with van der Waals surface area (Å²) >= 11 is 0. The molecule has 8 heteroatoms. The normalized spacial score (nSPS) is 26.8. The highest BCUT2D eigenvalue weighted by atomic mass is 19.4. The van der Waals surface area contributed by atoms with Crippen molar-refractivity contribution >= 4 is 0 Å². The maximum absolute atomic E-state index is 12.7. The molecule has 0 aromatic rings. The summed E-state index contributed by atoms with van der Waals surface area (Å²) in [6.07, 6.45) is -4.50. The topological polar surface area (TPSA) is 72.2 Å². The van der Waals surface area contributed by atoms with Gasteiger partial charge in [0.05, 0.1) is 6.61 Å². The highest BCUT2D eigenvalue weighted by Crippen LogP contribution is 2.44. The van der Waals surface area contributed by atoms with Crippen LogP contribution in [0.15, 0.2) is 5.11 Å². The first-order valence-corrected chi connectivity index (χ1v) is 4.86. The molecule has 0 spiro atoms. The van der Waals surface area contributed by atoms with Gasteiger partial charge in [0, 0.05) is 24.5 Å². The standard InChI is InChI=1S/C8H13F3N4O/c9-8(10,11)7(6-16)1-3-15(5-7)4-2-13-14-12/h16H,1-6H2/t7-/m1/s1. The minimum Gasteiger partial charge on any atom is -0.395 e. The maximum Gasteiger partial charge on any atom is 0.397 e. The SMILES string of the molecule is [N-]=[N+]=NCCN1CC[C@@](CO)(C(F)(F)F)C1. The van der Waals surface area contributed by atoms with Gasteiger partial charge in [-0.3, -0.25) is 0 Å². The number of aliphatic hydroxyl groups is 1. The van der Waals surface area contributed by atoms with Crippen molar-refractivity contribution < 1.29 is 18.3 Å². The van der Waals surface area contributed by atoms with Gasteiger partial charge in [0.2, 0.25) is 0 Å². The van der Waals surface area contributed by atoms with E-state index >= 15 is 0 Å². The molecular weight excluding hydrogens is 225 g/mol. The van der Waals surface area contributed by atoms with E-state index in [1.165, 1.54) is 0 Å². The molecule has 1 aliphatic heterocycles. The van der Waals surface area contributed by atoms with Crippen LogP contribution in [0.2, 0.25) is 0 Å². The summed E-state index contributed by atoms with van der Waals surface area (Å²) in [5.74, 6) is 0. The first-order valence-electron chi connectivity index (χ1n) is 4.86. The first-order chi connectivity index (χ1) is 7.45. The van der Waals surface area contributed by atoms with Crippen LogP contribution in [0.25, 0.3) is 10.4 Å². The van der Waals surface area contributed by atoms with Crippen molar-refractivity contribution in [2.75, 3.05) is 32.8 Å². The smallest absolute Gasteiger partial charge is 0.395 e. The van der Waals surface area contributed by atoms with Crippen LogP contribution in [0.3, 0.4) is 0 Å². The van der Waals surface area contributed by atoms with Crippen LogP contribution in [0.5, 0.6) is 0 Å². The molecule has 1 atom stereocenters. The summed E-state index contributed by atoms with van der Waals surface area (Å²) < 4.78 is 38.1. The van der Waals surface area contributed by atoms with E-state index in [-0.39, 0.29) is 26.1 Å². The molecule has 0 aliphatic carbocycles. The summed E-state index contributed by atoms with van der Waals surface area (Å²) in [6, 6.07) is 0. The number of aliphatic hydroxyl groups excluding tert-OH is 1. The molecule has 0 bridgehead atoms. The lowest BCUT2D eigenvalue weighted by Crippen LogP contribution is -2.43. The van der Waals surface area contributed by atoms with E-state index in [9.17, 15) is 13.2 Å². The number of nitrogens with zero attached hydrogens (tertiary/aromatic N) is 4. The summed E-state index contributed by atoms with van der Waals surface area (Å²) in [6.45, 7) is -0.415. The second-order valence-electron chi connectivity index (χ2n) is 3.92. The minimum atomic E-state index is -4.39. The Morgan fingerprint density at radius 3 is 2.62 bits per heavy atom. The van der Waals surface area contributed by atoms with Crippen LogP contribution in [-0.2, 0) is 0 Å². The molecule has 5 nitrogen and oxygen atoms in total. The van der Waals surface area contributed by atoms with E-state index in [1.807, 2.05) is 0 Å². The maximum atomic E-state index is 12.7. The molecule has 1 rings (SSSR count). The molecule has 1 saturated heterocycles. The fourth-order valence-electron chi connectivity index (χ4n) is 1.83. The van der Waals surface area contributed by atoms with Crippen molar-refractivity contribution in [2.45, 2.75) is 12.6 Å². The quantitative estimate of drug-likeness (QED) is 0.458. The third-order valence-corrected chi connectivity index (χ3v) is 2.92. The van der Waals surface area contributed by atoms with Gasteiger partial charge in [0.25, 0.3) is 0 Å². The monoisotopic (exact) mass is 238 g/mol. The van der Waals surface area contributed by atoms with Crippen LogP contribution >= 0.6 is 0 Å². The number of rotatable bonds is 4. The van der Waals surface area contributed by atoms with E-state index < -0.39 is 18.2 Å². The molecule has 0 amide bonds. The van der Waals surface area contributed by atoms with Crippen molar-refractivity contribution in [3.63, 3.8) is 0 Å². The van der Waals surface area contributed by atoms with E-state index in [0.29, 0.717) is 6.54 Å². The Labute approximate surface area is 90.5 Å². The Hall–Kier alpha value is -0.980. The fraction of sp³-hybridized carbons (Fsp3) is 1.00. The zero-order chi connectivity index (χ0) is 12.2. The highest BCUT2D eigenvalue weighted by molar-refractivity contribution is 4.95. The average Bonchev–Trinajstić information content (AvgIpc) is 2.62. The van der Waals surface area contributed by atoms with Crippen molar-refractivity contribution in [2.24, 2.45) is 10.5 Å². The van der Waals surface area contributed by atoms with E-state index in [4.69, 9.17) is 10.6 Å². The van der Waals surface area contributed by atoms with E-state index in [2.05, 4.69) is 10.0 Å². The summed E-state index contributed by atoms with van der Waals surface area (Å²) in [7, 11) is 0. The summed E-state index contributed by atoms with van der Waals surface area (Å²) in [5.41, 5.74) is 6.03. The van der Waals surface area contributed by atoms with Gasteiger partial charge in [0.15, 0.2) is 0 Å². The molecule has 92 valence electrons. The third-order valence-electron chi connectivity index (χ3n) is 2.92. The Morgan fingerprint density at radius 1 is 1.50 bits per heavy atom. The predicted octanol–water partition coefficient (Wildman–Crippen LogP) is 1.54. The fourth-order valence-corrected chi connectivity index (χ4v) is 1.83. The number of azide groups is 1. The van der Waals surface area contributed by atoms with Crippen LogP contribution < -0.4 is 0 Å². The van der Waals surface area contributed by atoms with Gasteiger partial charge < -0.3 is 10.0 Å². The number of likely N-dealkylation sites (tertiary alicyclic amines) is 1. The Kier molecular flexibility index (Phi) is 4.01. The van der Waals surface area contributed by atoms with Gasteiger partial charge in [0.1, 0.15) is 5.41 Å². The molecule has 0 aromatic carbocycles. The third kappa shape index (κ3) is 2.58. The lowest BCUT2D eigenvalue weighted by Gasteiger charge is -2.29. The Balaban J connectivity index is 2.58. The highest BCUT2D eigenvalue weighted by Gasteiger charge is 2.57. The molecule has 1 heterocycles. The van der Waals surface area contributed by atoms with Gasteiger partial charge in [-0.2, -0.15) is 13.2 Å². The molecule has 0 unspecified atom stereocenters. The number of hydrogen-bond donors (Lipinski definition) is 1. The second kappa shape index (κ2) is 4.90. The molecule has 1 fully saturated rings. The Bertz CT molecular complexity index is 289. The second-order valence-corrected chi connectivity index (χ2v) is 3.92. The van der Waals surface area contributed by atoms with Gasteiger partial charge in [-0.1, -0.05) is 5.11 Å². The van der Waals surface area contributed by atoms with Crippen LogP contribution in [0, 0.1) is 5.41 Å². The van der Waals surface area contributed by atoms with Gasteiger partial charge in [-0.05, 0) is 18.5 Å². The van der Waals surface area contributed by atoms with Gasteiger partial charge in [-0.15, -0.1) is 0 Å². The van der Waals surface area contributed by atoms with Crippen molar-refractivity contribution in [1.29, 1.82) is 0 Å². The molecule has 1 N–H and O–H groups in total. The lowest BCUT2D eigenvalue weighted by atomic mass is 9.87. The predicted molar refractivity (Wildman–Crippen MR) is 50.6 cm³/mol. The number of halogens is 3. The molecule has 16 heavy (non-hydrogen) atoms. The average molecular weight is 238 g/mol. The first kappa shape index (κ1) is 13.1. The zero-order valence-electron chi connectivity index (χ0n) is 8.61. The van der Waals surface area contributed by atoms with Gasteiger partial charge in [-0.25, -0.2) is 0 Å².